The largest absolute Gasteiger partial charge is 0.370 e. The summed E-state index contributed by atoms with van der Waals surface area (Å²) in [4.78, 5) is 41.1. The van der Waals surface area contributed by atoms with E-state index >= 15 is 0 Å². The summed E-state index contributed by atoms with van der Waals surface area (Å²) in [6, 6.07) is 4.93. The number of benzene rings is 1. The molecule has 8 heteroatoms. The normalized spacial score (nSPS) is 21.3. The van der Waals surface area contributed by atoms with Gasteiger partial charge >= 0.3 is 6.03 Å². The Morgan fingerprint density at radius 2 is 1.82 bits per heavy atom. The molecule has 2 saturated heterocycles. The van der Waals surface area contributed by atoms with Gasteiger partial charge in [-0.2, -0.15) is 0 Å². The molecule has 0 bridgehead atoms. The van der Waals surface area contributed by atoms with E-state index in [1.165, 1.54) is 0 Å². The lowest BCUT2D eigenvalue weighted by Crippen LogP contribution is -2.48. The van der Waals surface area contributed by atoms with Crippen LogP contribution < -0.4 is 15.5 Å². The van der Waals surface area contributed by atoms with Crippen molar-refractivity contribution >= 4 is 40.8 Å². The maximum Gasteiger partial charge on any atom is 0.325 e. The Morgan fingerprint density at radius 3 is 2.54 bits per heavy atom. The van der Waals surface area contributed by atoms with Crippen molar-refractivity contribution in [3.63, 3.8) is 0 Å². The number of carbonyl (C=O) groups excluding carboxylic acids is 3. The number of hydrogen-bond donors (Lipinski definition) is 2. The van der Waals surface area contributed by atoms with E-state index in [2.05, 4.69) is 15.5 Å². The predicted octanol–water partition coefficient (Wildman–Crippen LogP) is 3.13. The van der Waals surface area contributed by atoms with Gasteiger partial charge in [-0.25, -0.2) is 4.79 Å². The maximum atomic E-state index is 12.8. The third-order valence-electron chi connectivity index (χ3n) is 5.93. The van der Waals surface area contributed by atoms with E-state index in [9.17, 15) is 14.4 Å². The first-order valence-electron chi connectivity index (χ1n) is 9.97. The van der Waals surface area contributed by atoms with Crippen molar-refractivity contribution in [1.82, 2.24) is 10.2 Å². The number of hydrogen-bond acceptors (Lipinski definition) is 4. The SMILES string of the molecule is O=C(CN1C(=O)NC2(CCCCC2)C1=O)Nc1cc(Cl)ccc1N1CCCC1. The molecule has 1 aliphatic carbocycles. The van der Waals surface area contributed by atoms with Crippen LogP contribution in [0.5, 0.6) is 0 Å². The summed E-state index contributed by atoms with van der Waals surface area (Å²) in [7, 11) is 0. The minimum atomic E-state index is -0.813. The van der Waals surface area contributed by atoms with Crippen LogP contribution in [0.25, 0.3) is 0 Å². The average molecular weight is 405 g/mol. The molecule has 2 aliphatic heterocycles. The summed E-state index contributed by atoms with van der Waals surface area (Å²) in [5.74, 6) is -0.683. The van der Waals surface area contributed by atoms with E-state index in [1.807, 2.05) is 6.07 Å². The van der Waals surface area contributed by atoms with Crippen molar-refractivity contribution in [3.05, 3.63) is 23.2 Å². The molecule has 150 valence electrons. The van der Waals surface area contributed by atoms with Gasteiger partial charge in [0, 0.05) is 18.1 Å². The van der Waals surface area contributed by atoms with Crippen LogP contribution in [0.2, 0.25) is 5.02 Å². The van der Waals surface area contributed by atoms with Crippen LogP contribution >= 0.6 is 11.6 Å². The lowest BCUT2D eigenvalue weighted by molar-refractivity contribution is -0.134. The van der Waals surface area contributed by atoms with Gasteiger partial charge in [-0.05, 0) is 43.9 Å². The van der Waals surface area contributed by atoms with Crippen molar-refractivity contribution in [2.75, 3.05) is 29.9 Å². The minimum absolute atomic E-state index is 0.279. The summed E-state index contributed by atoms with van der Waals surface area (Å²) >= 11 is 6.12. The van der Waals surface area contributed by atoms with E-state index in [0.717, 1.165) is 55.8 Å². The first-order chi connectivity index (χ1) is 13.5. The Morgan fingerprint density at radius 1 is 1.11 bits per heavy atom. The molecule has 0 radical (unpaired) electrons. The fourth-order valence-corrected chi connectivity index (χ4v) is 4.66. The summed E-state index contributed by atoms with van der Waals surface area (Å²) in [5.41, 5.74) is 0.710. The third-order valence-corrected chi connectivity index (χ3v) is 6.17. The second-order valence-electron chi connectivity index (χ2n) is 7.87. The topological polar surface area (TPSA) is 81.8 Å². The number of anilines is 2. The number of nitrogens with zero attached hydrogens (tertiary/aromatic N) is 2. The quantitative estimate of drug-likeness (QED) is 0.755. The van der Waals surface area contributed by atoms with Crippen molar-refractivity contribution < 1.29 is 14.4 Å². The maximum absolute atomic E-state index is 12.8. The molecule has 7 nitrogen and oxygen atoms in total. The summed E-state index contributed by atoms with van der Waals surface area (Å²) in [5, 5.41) is 6.20. The Bertz CT molecular complexity index is 801. The molecule has 28 heavy (non-hydrogen) atoms. The van der Waals surface area contributed by atoms with Crippen LogP contribution in [-0.4, -0.2) is 47.9 Å². The minimum Gasteiger partial charge on any atom is -0.370 e. The number of nitrogens with one attached hydrogen (secondary N) is 2. The highest BCUT2D eigenvalue weighted by Crippen LogP contribution is 2.34. The number of imide groups is 1. The van der Waals surface area contributed by atoms with Gasteiger partial charge in [0.15, 0.2) is 0 Å². The third kappa shape index (κ3) is 3.55. The Kier molecular flexibility index (Phi) is 5.19. The van der Waals surface area contributed by atoms with Crippen molar-refractivity contribution in [1.29, 1.82) is 0 Å². The number of halogens is 1. The molecule has 4 amide bonds. The fourth-order valence-electron chi connectivity index (χ4n) is 4.49. The van der Waals surface area contributed by atoms with Crippen molar-refractivity contribution in [3.8, 4) is 0 Å². The Hall–Kier alpha value is -2.28. The Balaban J connectivity index is 1.47. The van der Waals surface area contributed by atoms with Crippen LogP contribution in [0, 0.1) is 0 Å². The predicted molar refractivity (Wildman–Crippen MR) is 108 cm³/mol. The first-order valence-corrected chi connectivity index (χ1v) is 10.3. The van der Waals surface area contributed by atoms with Gasteiger partial charge < -0.3 is 15.5 Å². The van der Waals surface area contributed by atoms with Gasteiger partial charge in [0.2, 0.25) is 5.91 Å². The summed E-state index contributed by atoms with van der Waals surface area (Å²) in [6.07, 6.45) is 6.40. The Labute approximate surface area is 169 Å². The molecule has 1 saturated carbocycles. The zero-order chi connectivity index (χ0) is 19.7. The zero-order valence-electron chi connectivity index (χ0n) is 15.8. The summed E-state index contributed by atoms with van der Waals surface area (Å²) in [6.45, 7) is 1.57. The van der Waals surface area contributed by atoms with Gasteiger partial charge in [0.1, 0.15) is 12.1 Å². The molecular weight excluding hydrogens is 380 g/mol. The van der Waals surface area contributed by atoms with Crippen LogP contribution in [0.15, 0.2) is 18.2 Å². The number of carbonyl (C=O) groups is 3. The molecule has 1 aromatic carbocycles. The van der Waals surface area contributed by atoms with Crippen LogP contribution in [0.1, 0.15) is 44.9 Å². The molecule has 2 heterocycles. The highest BCUT2D eigenvalue weighted by Gasteiger charge is 2.51. The standard InChI is InChI=1S/C20H25ClN4O3/c21-14-6-7-16(24-10-4-5-11-24)15(12-14)22-17(26)13-25-18(27)20(23-19(25)28)8-2-1-3-9-20/h6-7,12H,1-5,8-11,13H2,(H,22,26)(H,23,28). The number of rotatable bonds is 4. The van der Waals surface area contributed by atoms with Gasteiger partial charge in [0.25, 0.3) is 5.91 Å². The molecule has 1 spiro atoms. The average Bonchev–Trinajstić information content (AvgIpc) is 3.27. The summed E-state index contributed by atoms with van der Waals surface area (Å²) < 4.78 is 0. The smallest absolute Gasteiger partial charge is 0.325 e. The second-order valence-corrected chi connectivity index (χ2v) is 8.30. The molecule has 0 unspecified atom stereocenters. The monoisotopic (exact) mass is 404 g/mol. The van der Waals surface area contributed by atoms with E-state index < -0.39 is 17.5 Å². The van der Waals surface area contributed by atoms with E-state index in [1.54, 1.807) is 12.1 Å². The lowest BCUT2D eigenvalue weighted by atomic mass is 9.82. The van der Waals surface area contributed by atoms with Gasteiger partial charge in [0.05, 0.1) is 11.4 Å². The molecule has 3 aliphatic rings. The zero-order valence-corrected chi connectivity index (χ0v) is 16.6. The van der Waals surface area contributed by atoms with Crippen molar-refractivity contribution in [2.24, 2.45) is 0 Å². The first kappa shape index (κ1) is 19.1. The number of urea groups is 1. The van der Waals surface area contributed by atoms with Crippen LogP contribution in [-0.2, 0) is 9.59 Å². The highest BCUT2D eigenvalue weighted by atomic mass is 35.5. The van der Waals surface area contributed by atoms with Crippen LogP contribution in [0.4, 0.5) is 16.2 Å². The molecule has 1 aromatic rings. The fraction of sp³-hybridized carbons (Fsp3) is 0.550. The van der Waals surface area contributed by atoms with Crippen molar-refractivity contribution in [2.45, 2.75) is 50.5 Å². The van der Waals surface area contributed by atoms with E-state index in [0.29, 0.717) is 23.6 Å². The molecule has 0 aromatic heterocycles. The highest BCUT2D eigenvalue weighted by molar-refractivity contribution is 6.31. The van der Waals surface area contributed by atoms with E-state index in [4.69, 9.17) is 11.6 Å². The van der Waals surface area contributed by atoms with Gasteiger partial charge in [-0.1, -0.05) is 30.9 Å². The molecule has 0 atom stereocenters. The molecular formula is C20H25ClN4O3. The number of amides is 4. The van der Waals surface area contributed by atoms with E-state index in [-0.39, 0.29) is 12.5 Å². The van der Waals surface area contributed by atoms with Gasteiger partial charge in [-0.15, -0.1) is 0 Å². The van der Waals surface area contributed by atoms with Crippen LogP contribution in [0.3, 0.4) is 0 Å². The molecule has 4 rings (SSSR count). The molecule has 3 fully saturated rings. The second kappa shape index (κ2) is 7.62. The lowest BCUT2D eigenvalue weighted by Gasteiger charge is -2.30. The van der Waals surface area contributed by atoms with Gasteiger partial charge in [-0.3, -0.25) is 14.5 Å². The molecule has 2 N–H and O–H groups in total.